The summed E-state index contributed by atoms with van der Waals surface area (Å²) >= 11 is 1.95. The fourth-order valence-electron chi connectivity index (χ4n) is 1.57. The van der Waals surface area contributed by atoms with Crippen LogP contribution in [0.5, 0.6) is 0 Å². The van der Waals surface area contributed by atoms with Gasteiger partial charge in [-0.15, -0.1) is 0 Å². The van der Waals surface area contributed by atoms with Crippen LogP contribution in [0, 0.1) is 0 Å². The maximum absolute atomic E-state index is 11.8. The van der Waals surface area contributed by atoms with Crippen LogP contribution in [0.3, 0.4) is 0 Å². The summed E-state index contributed by atoms with van der Waals surface area (Å²) < 4.78 is 0. The zero-order valence-electron chi connectivity index (χ0n) is 10.1. The molecule has 0 radical (unpaired) electrons. The number of nitrogens with one attached hydrogen (secondary N) is 2. The molecule has 1 aliphatic rings. The van der Waals surface area contributed by atoms with Gasteiger partial charge in [0.2, 0.25) is 5.91 Å². The second kappa shape index (κ2) is 5.21. The SMILES string of the molecule is CC(NC1CCSC1)C(=O)NC(C)(C)C. The predicted octanol–water partition coefficient (Wildman–Crippen LogP) is 1.38. The average Bonchev–Trinajstić information content (AvgIpc) is 2.53. The Balaban J connectivity index is 2.32. The van der Waals surface area contributed by atoms with Crippen LogP contribution in [-0.2, 0) is 4.79 Å². The number of hydrogen-bond acceptors (Lipinski definition) is 3. The van der Waals surface area contributed by atoms with E-state index in [1.165, 1.54) is 12.2 Å². The minimum Gasteiger partial charge on any atom is -0.350 e. The number of rotatable bonds is 3. The molecule has 1 fully saturated rings. The molecular weight excluding hydrogens is 208 g/mol. The van der Waals surface area contributed by atoms with E-state index in [1.54, 1.807) is 0 Å². The van der Waals surface area contributed by atoms with Crippen molar-refractivity contribution in [3.05, 3.63) is 0 Å². The van der Waals surface area contributed by atoms with Gasteiger partial charge in [-0.05, 0) is 39.9 Å². The molecule has 0 aromatic heterocycles. The molecule has 4 heteroatoms. The quantitative estimate of drug-likeness (QED) is 0.770. The highest BCUT2D eigenvalue weighted by molar-refractivity contribution is 7.99. The highest BCUT2D eigenvalue weighted by atomic mass is 32.2. The Morgan fingerprint density at radius 3 is 2.60 bits per heavy atom. The van der Waals surface area contributed by atoms with Gasteiger partial charge in [0.25, 0.3) is 0 Å². The summed E-state index contributed by atoms with van der Waals surface area (Å²) in [6, 6.07) is 0.420. The molecule has 1 saturated heterocycles. The van der Waals surface area contributed by atoms with E-state index in [2.05, 4.69) is 10.6 Å². The molecule has 0 saturated carbocycles. The Morgan fingerprint density at radius 1 is 1.47 bits per heavy atom. The molecule has 0 aliphatic carbocycles. The summed E-state index contributed by atoms with van der Waals surface area (Å²) in [5.74, 6) is 2.44. The maximum atomic E-state index is 11.8. The number of amides is 1. The van der Waals surface area contributed by atoms with Gasteiger partial charge in [-0.25, -0.2) is 0 Å². The van der Waals surface area contributed by atoms with Crippen molar-refractivity contribution < 1.29 is 4.79 Å². The lowest BCUT2D eigenvalue weighted by atomic mass is 10.1. The van der Waals surface area contributed by atoms with Crippen LogP contribution < -0.4 is 10.6 Å². The molecule has 0 aromatic carbocycles. The van der Waals surface area contributed by atoms with Gasteiger partial charge in [-0.3, -0.25) is 4.79 Å². The monoisotopic (exact) mass is 230 g/mol. The summed E-state index contributed by atoms with van der Waals surface area (Å²) in [4.78, 5) is 11.8. The molecule has 1 heterocycles. The van der Waals surface area contributed by atoms with Gasteiger partial charge in [0, 0.05) is 17.3 Å². The highest BCUT2D eigenvalue weighted by Crippen LogP contribution is 2.17. The van der Waals surface area contributed by atoms with Gasteiger partial charge in [-0.2, -0.15) is 11.8 Å². The first-order valence-electron chi connectivity index (χ1n) is 5.54. The predicted molar refractivity (Wildman–Crippen MR) is 66.2 cm³/mol. The molecule has 0 spiro atoms. The van der Waals surface area contributed by atoms with Crippen molar-refractivity contribution in [2.45, 2.75) is 51.7 Å². The van der Waals surface area contributed by atoms with Crippen molar-refractivity contribution in [2.75, 3.05) is 11.5 Å². The lowest BCUT2D eigenvalue weighted by Crippen LogP contribution is -2.51. The Morgan fingerprint density at radius 2 is 2.13 bits per heavy atom. The summed E-state index contributed by atoms with van der Waals surface area (Å²) in [5, 5.41) is 6.35. The van der Waals surface area contributed by atoms with E-state index in [0.29, 0.717) is 6.04 Å². The molecule has 88 valence electrons. The molecule has 3 nitrogen and oxygen atoms in total. The standard InChI is InChI=1S/C11H22N2OS/c1-8(10(14)13-11(2,3)4)12-9-5-6-15-7-9/h8-9,12H,5-7H2,1-4H3,(H,13,14). The van der Waals surface area contributed by atoms with Crippen LogP contribution in [0.25, 0.3) is 0 Å². The van der Waals surface area contributed by atoms with Gasteiger partial charge < -0.3 is 10.6 Å². The lowest BCUT2D eigenvalue weighted by Gasteiger charge is -2.25. The van der Waals surface area contributed by atoms with Crippen molar-refractivity contribution in [3.8, 4) is 0 Å². The van der Waals surface area contributed by atoms with Gasteiger partial charge in [-0.1, -0.05) is 0 Å². The van der Waals surface area contributed by atoms with Crippen molar-refractivity contribution in [1.82, 2.24) is 10.6 Å². The van der Waals surface area contributed by atoms with Crippen LogP contribution in [0.4, 0.5) is 0 Å². The first-order chi connectivity index (χ1) is 6.88. The topological polar surface area (TPSA) is 41.1 Å². The maximum Gasteiger partial charge on any atom is 0.237 e. The smallest absolute Gasteiger partial charge is 0.237 e. The largest absolute Gasteiger partial charge is 0.350 e. The minimum absolute atomic E-state index is 0.0899. The van der Waals surface area contributed by atoms with Crippen LogP contribution in [0.1, 0.15) is 34.1 Å². The van der Waals surface area contributed by atoms with E-state index in [-0.39, 0.29) is 17.5 Å². The third-order valence-electron chi connectivity index (χ3n) is 2.31. The second-order valence-corrected chi connectivity index (χ2v) is 6.34. The zero-order valence-corrected chi connectivity index (χ0v) is 10.9. The molecule has 0 aromatic rings. The molecule has 1 rings (SSSR count). The van der Waals surface area contributed by atoms with Crippen molar-refractivity contribution in [1.29, 1.82) is 0 Å². The first kappa shape index (κ1) is 12.8. The van der Waals surface area contributed by atoms with E-state index in [0.717, 1.165) is 5.75 Å². The minimum atomic E-state index is -0.141. The van der Waals surface area contributed by atoms with Gasteiger partial charge in [0.15, 0.2) is 0 Å². The average molecular weight is 230 g/mol. The second-order valence-electron chi connectivity index (χ2n) is 5.19. The van der Waals surface area contributed by atoms with Gasteiger partial charge >= 0.3 is 0 Å². The number of thioether (sulfide) groups is 1. The Bertz CT molecular complexity index is 219. The van der Waals surface area contributed by atoms with Crippen LogP contribution in [-0.4, -0.2) is 35.0 Å². The van der Waals surface area contributed by atoms with Crippen LogP contribution in [0.2, 0.25) is 0 Å². The molecule has 2 atom stereocenters. The Kier molecular flexibility index (Phi) is 4.46. The Labute approximate surface area is 96.8 Å². The van der Waals surface area contributed by atoms with E-state index >= 15 is 0 Å². The van der Waals surface area contributed by atoms with Crippen molar-refractivity contribution >= 4 is 17.7 Å². The summed E-state index contributed by atoms with van der Waals surface area (Å²) in [6.45, 7) is 7.94. The van der Waals surface area contributed by atoms with Crippen LogP contribution >= 0.6 is 11.8 Å². The van der Waals surface area contributed by atoms with Crippen molar-refractivity contribution in [2.24, 2.45) is 0 Å². The van der Waals surface area contributed by atoms with E-state index < -0.39 is 0 Å². The van der Waals surface area contributed by atoms with E-state index in [4.69, 9.17) is 0 Å². The fourth-order valence-corrected chi connectivity index (χ4v) is 2.74. The van der Waals surface area contributed by atoms with E-state index in [9.17, 15) is 4.79 Å². The van der Waals surface area contributed by atoms with E-state index in [1.807, 2.05) is 39.5 Å². The third-order valence-corrected chi connectivity index (χ3v) is 3.47. The summed E-state index contributed by atoms with van der Waals surface area (Å²) in [7, 11) is 0. The number of hydrogen-bond donors (Lipinski definition) is 2. The molecule has 15 heavy (non-hydrogen) atoms. The highest BCUT2D eigenvalue weighted by Gasteiger charge is 2.23. The normalized spacial score (nSPS) is 23.9. The van der Waals surface area contributed by atoms with Gasteiger partial charge in [0.05, 0.1) is 6.04 Å². The first-order valence-corrected chi connectivity index (χ1v) is 6.70. The summed E-state index contributed by atoms with van der Waals surface area (Å²) in [5.41, 5.74) is -0.141. The number of carbonyl (C=O) groups excluding carboxylic acids is 1. The lowest BCUT2D eigenvalue weighted by molar-refractivity contribution is -0.124. The van der Waals surface area contributed by atoms with Crippen LogP contribution in [0.15, 0.2) is 0 Å². The Hall–Kier alpha value is -0.220. The summed E-state index contributed by atoms with van der Waals surface area (Å²) in [6.07, 6.45) is 1.18. The molecule has 2 unspecified atom stereocenters. The molecule has 2 N–H and O–H groups in total. The molecular formula is C11H22N2OS. The third kappa shape index (κ3) is 4.89. The molecule has 1 amide bonds. The number of carbonyl (C=O) groups is 1. The zero-order chi connectivity index (χ0) is 11.5. The fraction of sp³-hybridized carbons (Fsp3) is 0.909. The molecule has 0 bridgehead atoms. The van der Waals surface area contributed by atoms with Crippen molar-refractivity contribution in [3.63, 3.8) is 0 Å². The molecule has 1 aliphatic heterocycles. The van der Waals surface area contributed by atoms with Gasteiger partial charge in [0.1, 0.15) is 0 Å².